The van der Waals surface area contributed by atoms with Crippen molar-refractivity contribution in [2.45, 2.75) is 39.9 Å². The minimum atomic E-state index is -0.0487. The van der Waals surface area contributed by atoms with Gasteiger partial charge in [0.1, 0.15) is 0 Å². The SMILES string of the molecule is C=CCn1cc(CNC(C)c2nc(-c3ccccc3C)no2)c(C)n1. The third-order valence-electron chi connectivity index (χ3n) is 4.16. The smallest absolute Gasteiger partial charge is 0.243 e. The number of hydrogen-bond donors (Lipinski definition) is 1. The number of hydrogen-bond acceptors (Lipinski definition) is 5. The summed E-state index contributed by atoms with van der Waals surface area (Å²) in [6.45, 7) is 11.2. The molecule has 1 atom stereocenters. The third kappa shape index (κ3) is 3.85. The van der Waals surface area contributed by atoms with Crippen LogP contribution < -0.4 is 5.32 Å². The quantitative estimate of drug-likeness (QED) is 0.667. The zero-order chi connectivity index (χ0) is 17.8. The normalized spacial score (nSPS) is 12.3. The second-order valence-electron chi connectivity index (χ2n) is 6.12. The van der Waals surface area contributed by atoms with Crippen molar-refractivity contribution in [2.75, 3.05) is 0 Å². The van der Waals surface area contributed by atoms with Gasteiger partial charge in [0.05, 0.1) is 18.3 Å². The summed E-state index contributed by atoms with van der Waals surface area (Å²) < 4.78 is 7.32. The molecule has 0 fully saturated rings. The van der Waals surface area contributed by atoms with Crippen LogP contribution in [0.1, 0.15) is 35.7 Å². The van der Waals surface area contributed by atoms with Crippen LogP contribution in [0.25, 0.3) is 11.4 Å². The second kappa shape index (κ2) is 7.44. The Kier molecular flexibility index (Phi) is 5.09. The molecule has 130 valence electrons. The van der Waals surface area contributed by atoms with Gasteiger partial charge in [0.2, 0.25) is 11.7 Å². The predicted octanol–water partition coefficient (Wildman–Crippen LogP) is 3.59. The van der Waals surface area contributed by atoms with Crippen molar-refractivity contribution in [1.82, 2.24) is 25.2 Å². The lowest BCUT2D eigenvalue weighted by molar-refractivity contribution is 0.339. The Morgan fingerprint density at radius 2 is 2.12 bits per heavy atom. The maximum absolute atomic E-state index is 5.44. The molecule has 2 heterocycles. The zero-order valence-corrected chi connectivity index (χ0v) is 14.9. The van der Waals surface area contributed by atoms with Gasteiger partial charge in [0.15, 0.2) is 0 Å². The Hall–Kier alpha value is -2.73. The van der Waals surface area contributed by atoms with Crippen LogP contribution in [0.2, 0.25) is 0 Å². The molecule has 25 heavy (non-hydrogen) atoms. The van der Waals surface area contributed by atoms with Gasteiger partial charge < -0.3 is 9.84 Å². The van der Waals surface area contributed by atoms with E-state index in [0.717, 1.165) is 22.4 Å². The monoisotopic (exact) mass is 337 g/mol. The molecule has 0 radical (unpaired) electrons. The molecule has 0 bridgehead atoms. The van der Waals surface area contributed by atoms with Gasteiger partial charge in [0, 0.05) is 23.9 Å². The van der Waals surface area contributed by atoms with Crippen LogP contribution >= 0.6 is 0 Å². The van der Waals surface area contributed by atoms with Crippen molar-refractivity contribution < 1.29 is 4.52 Å². The van der Waals surface area contributed by atoms with Crippen molar-refractivity contribution in [3.05, 3.63) is 65.8 Å². The third-order valence-corrected chi connectivity index (χ3v) is 4.16. The van der Waals surface area contributed by atoms with Gasteiger partial charge in [0.25, 0.3) is 0 Å². The van der Waals surface area contributed by atoms with E-state index in [-0.39, 0.29) is 6.04 Å². The van der Waals surface area contributed by atoms with Gasteiger partial charge >= 0.3 is 0 Å². The molecule has 0 saturated carbocycles. The summed E-state index contributed by atoms with van der Waals surface area (Å²) in [5.41, 5.74) is 4.27. The minimum absolute atomic E-state index is 0.0487. The van der Waals surface area contributed by atoms with E-state index in [2.05, 4.69) is 27.1 Å². The fourth-order valence-electron chi connectivity index (χ4n) is 2.65. The van der Waals surface area contributed by atoms with Crippen molar-refractivity contribution in [3.8, 4) is 11.4 Å². The number of benzene rings is 1. The fraction of sp³-hybridized carbons (Fsp3) is 0.316. The molecule has 1 aromatic carbocycles. The van der Waals surface area contributed by atoms with Crippen LogP contribution in [-0.4, -0.2) is 19.9 Å². The van der Waals surface area contributed by atoms with E-state index in [1.54, 1.807) is 0 Å². The zero-order valence-electron chi connectivity index (χ0n) is 14.9. The first-order chi connectivity index (χ1) is 12.1. The summed E-state index contributed by atoms with van der Waals surface area (Å²) in [6, 6.07) is 7.96. The first-order valence-corrected chi connectivity index (χ1v) is 8.35. The van der Waals surface area contributed by atoms with Gasteiger partial charge in [-0.1, -0.05) is 35.5 Å². The Morgan fingerprint density at radius 1 is 1.32 bits per heavy atom. The van der Waals surface area contributed by atoms with Crippen LogP contribution in [0, 0.1) is 13.8 Å². The Labute approximate surface area is 147 Å². The van der Waals surface area contributed by atoms with Crippen LogP contribution in [0.15, 0.2) is 47.6 Å². The van der Waals surface area contributed by atoms with E-state index in [1.165, 1.54) is 0 Å². The largest absolute Gasteiger partial charge is 0.337 e. The molecular formula is C19H23N5O. The number of aryl methyl sites for hydroxylation is 2. The maximum atomic E-state index is 5.44. The lowest BCUT2D eigenvalue weighted by Crippen LogP contribution is -2.18. The van der Waals surface area contributed by atoms with E-state index < -0.39 is 0 Å². The topological polar surface area (TPSA) is 68.8 Å². The Balaban J connectivity index is 1.67. The van der Waals surface area contributed by atoms with Crippen LogP contribution in [0.4, 0.5) is 0 Å². The van der Waals surface area contributed by atoms with E-state index in [4.69, 9.17) is 4.52 Å². The lowest BCUT2D eigenvalue weighted by atomic mass is 10.1. The summed E-state index contributed by atoms with van der Waals surface area (Å²) in [7, 11) is 0. The summed E-state index contributed by atoms with van der Waals surface area (Å²) >= 11 is 0. The molecule has 0 aliphatic rings. The standard InChI is InChI=1S/C19H23N5O/c1-5-10-24-12-16(14(3)22-24)11-20-15(4)19-21-18(23-25-19)17-9-7-6-8-13(17)2/h5-9,12,15,20H,1,10-11H2,2-4H3. The first-order valence-electron chi connectivity index (χ1n) is 8.35. The fourth-order valence-corrected chi connectivity index (χ4v) is 2.65. The maximum Gasteiger partial charge on any atom is 0.243 e. The summed E-state index contributed by atoms with van der Waals surface area (Å²) in [4.78, 5) is 4.54. The molecule has 3 rings (SSSR count). The number of nitrogens with one attached hydrogen (secondary N) is 1. The molecule has 1 N–H and O–H groups in total. The lowest BCUT2D eigenvalue weighted by Gasteiger charge is -2.08. The molecule has 0 saturated heterocycles. The highest BCUT2D eigenvalue weighted by molar-refractivity contribution is 5.58. The van der Waals surface area contributed by atoms with E-state index in [0.29, 0.717) is 24.8 Å². The highest BCUT2D eigenvalue weighted by atomic mass is 16.5. The number of allylic oxidation sites excluding steroid dienone is 1. The van der Waals surface area contributed by atoms with Crippen molar-refractivity contribution in [2.24, 2.45) is 0 Å². The predicted molar refractivity (Wildman–Crippen MR) is 96.9 cm³/mol. The van der Waals surface area contributed by atoms with E-state index in [9.17, 15) is 0 Å². The second-order valence-corrected chi connectivity index (χ2v) is 6.12. The highest BCUT2D eigenvalue weighted by Gasteiger charge is 2.16. The summed E-state index contributed by atoms with van der Waals surface area (Å²) in [5, 5.41) is 12.0. The summed E-state index contributed by atoms with van der Waals surface area (Å²) in [6.07, 6.45) is 3.86. The van der Waals surface area contributed by atoms with Gasteiger partial charge in [-0.3, -0.25) is 4.68 Å². The van der Waals surface area contributed by atoms with Crippen LogP contribution in [-0.2, 0) is 13.1 Å². The average Bonchev–Trinajstić information content (AvgIpc) is 3.21. The molecule has 0 spiro atoms. The minimum Gasteiger partial charge on any atom is -0.337 e. The average molecular weight is 337 g/mol. The van der Waals surface area contributed by atoms with Gasteiger partial charge in [-0.2, -0.15) is 10.1 Å². The molecular weight excluding hydrogens is 314 g/mol. The van der Waals surface area contributed by atoms with E-state index >= 15 is 0 Å². The number of nitrogens with zero attached hydrogens (tertiary/aromatic N) is 4. The molecule has 0 aliphatic carbocycles. The van der Waals surface area contributed by atoms with Gasteiger partial charge in [-0.05, 0) is 26.3 Å². The van der Waals surface area contributed by atoms with Crippen molar-refractivity contribution in [3.63, 3.8) is 0 Å². The highest BCUT2D eigenvalue weighted by Crippen LogP contribution is 2.22. The van der Waals surface area contributed by atoms with Gasteiger partial charge in [-0.25, -0.2) is 0 Å². The Bertz CT molecular complexity index is 864. The van der Waals surface area contributed by atoms with E-state index in [1.807, 2.05) is 62.0 Å². The Morgan fingerprint density at radius 3 is 2.88 bits per heavy atom. The van der Waals surface area contributed by atoms with Crippen molar-refractivity contribution >= 4 is 0 Å². The van der Waals surface area contributed by atoms with Crippen molar-refractivity contribution in [1.29, 1.82) is 0 Å². The first kappa shape index (κ1) is 17.1. The molecule has 3 aromatic rings. The molecule has 0 amide bonds. The molecule has 6 nitrogen and oxygen atoms in total. The van der Waals surface area contributed by atoms with Gasteiger partial charge in [-0.15, -0.1) is 6.58 Å². The molecule has 6 heteroatoms. The number of rotatable bonds is 7. The molecule has 0 aliphatic heterocycles. The molecule has 1 unspecified atom stereocenters. The van der Waals surface area contributed by atoms with Crippen LogP contribution in [0.5, 0.6) is 0 Å². The molecule has 2 aromatic heterocycles. The summed E-state index contributed by atoms with van der Waals surface area (Å²) in [5.74, 6) is 1.20. The van der Waals surface area contributed by atoms with Crippen LogP contribution in [0.3, 0.4) is 0 Å². The number of aromatic nitrogens is 4.